The fraction of sp³-hybridized carbons (Fsp3) is 0.125. The lowest BCUT2D eigenvalue weighted by Gasteiger charge is -2.07. The van der Waals surface area contributed by atoms with Gasteiger partial charge in [-0.3, -0.25) is 4.79 Å². The third kappa shape index (κ3) is 5.03. The van der Waals surface area contributed by atoms with E-state index >= 15 is 0 Å². The van der Waals surface area contributed by atoms with Crippen LogP contribution in [-0.4, -0.2) is 31.9 Å². The molecule has 0 atom stereocenters. The summed E-state index contributed by atoms with van der Waals surface area (Å²) >= 11 is 1.16. The number of carbonyl (C=O) groups excluding carboxylic acids is 1. The topological polar surface area (TPSA) is 101 Å². The first kappa shape index (κ1) is 23.4. The van der Waals surface area contributed by atoms with Gasteiger partial charge < -0.3 is 25.0 Å². The van der Waals surface area contributed by atoms with Crippen LogP contribution in [0.1, 0.15) is 15.9 Å². The number of phenols is 1. The van der Waals surface area contributed by atoms with Crippen LogP contribution in [0, 0.1) is 0 Å². The molecule has 12 heteroatoms. The highest BCUT2D eigenvalue weighted by atomic mass is 32.1. The van der Waals surface area contributed by atoms with Gasteiger partial charge in [0, 0.05) is 25.2 Å². The lowest BCUT2D eigenvalue weighted by atomic mass is 10.1. The number of nitrogens with one attached hydrogen (secondary N) is 2. The molecule has 0 saturated heterocycles. The number of aryl methyl sites for hydroxylation is 1. The Bertz CT molecular complexity index is 1580. The molecule has 0 saturated carbocycles. The summed E-state index contributed by atoms with van der Waals surface area (Å²) in [5, 5.41) is 15.7. The molecule has 36 heavy (non-hydrogen) atoms. The number of phenolic OH excluding ortho intramolecular Hbond substituents is 1. The van der Waals surface area contributed by atoms with Gasteiger partial charge in [0.25, 0.3) is 5.91 Å². The van der Waals surface area contributed by atoms with Gasteiger partial charge >= 0.3 is 6.36 Å². The summed E-state index contributed by atoms with van der Waals surface area (Å²) in [5.41, 5.74) is 3.15. The first-order valence-electron chi connectivity index (χ1n) is 10.6. The zero-order chi connectivity index (χ0) is 25.4. The van der Waals surface area contributed by atoms with Crippen LogP contribution >= 0.6 is 11.3 Å². The van der Waals surface area contributed by atoms with Crippen LogP contribution in [-0.2, 0) is 13.6 Å². The van der Waals surface area contributed by atoms with Crippen molar-refractivity contribution < 1.29 is 27.8 Å². The first-order chi connectivity index (χ1) is 17.1. The van der Waals surface area contributed by atoms with Crippen molar-refractivity contribution in [3.8, 4) is 11.5 Å². The van der Waals surface area contributed by atoms with Gasteiger partial charge in [0.1, 0.15) is 11.5 Å². The molecule has 2 heterocycles. The van der Waals surface area contributed by atoms with E-state index in [4.69, 9.17) is 0 Å². The molecule has 184 valence electrons. The number of amides is 1. The molecule has 3 N–H and O–H groups in total. The number of fused-ring (bicyclic) bond motifs is 2. The zero-order valence-corrected chi connectivity index (χ0v) is 19.4. The normalized spacial score (nSPS) is 11.7. The Hall–Kier alpha value is -4.32. The van der Waals surface area contributed by atoms with E-state index in [1.807, 2.05) is 0 Å². The highest BCUT2D eigenvalue weighted by Crippen LogP contribution is 2.33. The number of hydrogen-bond acceptors (Lipinski definition) is 7. The maximum Gasteiger partial charge on any atom is 0.573 e. The van der Waals surface area contributed by atoms with Crippen molar-refractivity contribution in [1.82, 2.24) is 19.9 Å². The van der Waals surface area contributed by atoms with Crippen molar-refractivity contribution in [2.45, 2.75) is 12.9 Å². The van der Waals surface area contributed by atoms with E-state index in [9.17, 15) is 23.1 Å². The van der Waals surface area contributed by atoms with E-state index in [1.165, 1.54) is 18.2 Å². The Kier molecular flexibility index (Phi) is 5.88. The number of halogens is 3. The minimum Gasteiger partial charge on any atom is -0.508 e. The molecule has 0 radical (unpaired) electrons. The molecule has 0 spiro atoms. The number of alkyl halides is 3. The summed E-state index contributed by atoms with van der Waals surface area (Å²) in [7, 11) is 1.80. The molecule has 5 aromatic rings. The Morgan fingerprint density at radius 1 is 1.06 bits per heavy atom. The number of aromatic hydroxyl groups is 1. The van der Waals surface area contributed by atoms with Gasteiger partial charge in [-0.15, -0.1) is 13.2 Å². The minimum absolute atomic E-state index is 0.154. The molecule has 8 nitrogen and oxygen atoms in total. The number of thiazole rings is 1. The molecule has 2 aromatic heterocycles. The molecule has 0 aliphatic carbocycles. The lowest BCUT2D eigenvalue weighted by Crippen LogP contribution is -2.22. The van der Waals surface area contributed by atoms with Crippen LogP contribution in [0.3, 0.4) is 0 Å². The molecular weight excluding hydrogens is 495 g/mol. The van der Waals surface area contributed by atoms with E-state index in [0.717, 1.165) is 22.4 Å². The van der Waals surface area contributed by atoms with E-state index in [2.05, 4.69) is 25.3 Å². The predicted octanol–water partition coefficient (Wildman–Crippen LogP) is 5.46. The number of aromatic nitrogens is 3. The molecule has 3 aromatic carbocycles. The van der Waals surface area contributed by atoms with Gasteiger partial charge in [0.05, 0.1) is 21.3 Å². The standard InChI is InChI=1S/C24H18F3N5O3S/c1-32-19-9-4-14(21(34)28-12-13-2-5-15(33)6-3-13)10-18(19)29-22(32)31-23-30-17-8-7-16(11-20(17)36-23)35-24(25,26)27/h2-11,33H,12H2,1H3,(H,28,34)(H,29,30,31). The van der Waals surface area contributed by atoms with Gasteiger partial charge in [-0.05, 0) is 48.0 Å². The number of nitrogens with zero attached hydrogens (tertiary/aromatic N) is 3. The van der Waals surface area contributed by atoms with Crippen molar-refractivity contribution in [3.63, 3.8) is 0 Å². The molecule has 0 bridgehead atoms. The van der Waals surface area contributed by atoms with Crippen molar-refractivity contribution in [2.24, 2.45) is 7.05 Å². The second-order valence-corrected chi connectivity index (χ2v) is 8.90. The number of anilines is 2. The van der Waals surface area contributed by atoms with Crippen molar-refractivity contribution >= 4 is 49.6 Å². The summed E-state index contributed by atoms with van der Waals surface area (Å²) in [6, 6.07) is 15.6. The van der Waals surface area contributed by atoms with Gasteiger partial charge in [-0.25, -0.2) is 9.97 Å². The number of carbonyl (C=O) groups is 1. The van der Waals surface area contributed by atoms with E-state index in [-0.39, 0.29) is 17.4 Å². The predicted molar refractivity (Wildman–Crippen MR) is 130 cm³/mol. The van der Waals surface area contributed by atoms with Gasteiger partial charge in [-0.1, -0.05) is 23.5 Å². The third-order valence-corrected chi connectivity index (χ3v) is 6.28. The van der Waals surface area contributed by atoms with Crippen LogP contribution in [0.5, 0.6) is 11.5 Å². The molecule has 0 aliphatic rings. The number of ether oxygens (including phenoxy) is 1. The van der Waals surface area contributed by atoms with Crippen LogP contribution in [0.25, 0.3) is 21.3 Å². The van der Waals surface area contributed by atoms with Crippen LogP contribution < -0.4 is 15.4 Å². The maximum atomic E-state index is 12.6. The second kappa shape index (κ2) is 9.04. The number of imidazole rings is 1. The van der Waals surface area contributed by atoms with Gasteiger partial charge in [-0.2, -0.15) is 0 Å². The first-order valence-corrected chi connectivity index (χ1v) is 11.4. The summed E-state index contributed by atoms with van der Waals surface area (Å²) < 4.78 is 43.8. The largest absolute Gasteiger partial charge is 0.573 e. The van der Waals surface area contributed by atoms with Crippen LogP contribution in [0.15, 0.2) is 60.7 Å². The molecule has 1 amide bonds. The smallest absolute Gasteiger partial charge is 0.508 e. The molecule has 0 aliphatic heterocycles. The Labute approximate surface area is 206 Å². The molecular formula is C24H18F3N5O3S. The Balaban J connectivity index is 1.33. The summed E-state index contributed by atoms with van der Waals surface area (Å²) in [6.45, 7) is 0.305. The average Bonchev–Trinajstić information content (AvgIpc) is 3.37. The maximum absolute atomic E-state index is 12.6. The summed E-state index contributed by atoms with van der Waals surface area (Å²) in [5.74, 6) is 0.0240. The molecule has 0 unspecified atom stereocenters. The minimum atomic E-state index is -4.77. The molecule has 5 rings (SSSR count). The second-order valence-electron chi connectivity index (χ2n) is 7.87. The number of rotatable bonds is 6. The third-order valence-electron chi connectivity index (χ3n) is 5.34. The zero-order valence-electron chi connectivity index (χ0n) is 18.6. The summed E-state index contributed by atoms with van der Waals surface area (Å²) in [6.07, 6.45) is -4.77. The van der Waals surface area contributed by atoms with Crippen molar-refractivity contribution in [3.05, 3.63) is 71.8 Å². The van der Waals surface area contributed by atoms with Crippen molar-refractivity contribution in [1.29, 1.82) is 0 Å². The Morgan fingerprint density at radius 2 is 1.83 bits per heavy atom. The van der Waals surface area contributed by atoms with E-state index in [1.54, 1.807) is 54.1 Å². The molecule has 0 fully saturated rings. The lowest BCUT2D eigenvalue weighted by molar-refractivity contribution is -0.274. The quantitative estimate of drug-likeness (QED) is 0.279. The number of benzene rings is 3. The van der Waals surface area contributed by atoms with Crippen molar-refractivity contribution in [2.75, 3.05) is 5.32 Å². The fourth-order valence-electron chi connectivity index (χ4n) is 3.60. The summed E-state index contributed by atoms with van der Waals surface area (Å²) in [4.78, 5) is 21.6. The highest BCUT2D eigenvalue weighted by molar-refractivity contribution is 7.22. The van der Waals surface area contributed by atoms with Crippen LogP contribution in [0.4, 0.5) is 24.3 Å². The van der Waals surface area contributed by atoms with E-state index < -0.39 is 6.36 Å². The Morgan fingerprint density at radius 3 is 2.58 bits per heavy atom. The SMILES string of the molecule is Cn1c(Nc2nc3ccc(OC(F)(F)F)cc3s2)nc2cc(C(=O)NCc3ccc(O)cc3)ccc21. The monoisotopic (exact) mass is 513 g/mol. The fourth-order valence-corrected chi connectivity index (χ4v) is 4.49. The van der Waals surface area contributed by atoms with E-state index in [0.29, 0.717) is 38.9 Å². The number of hydrogen-bond donors (Lipinski definition) is 3. The van der Waals surface area contributed by atoms with Gasteiger partial charge in [0.15, 0.2) is 5.13 Å². The average molecular weight is 514 g/mol. The highest BCUT2D eigenvalue weighted by Gasteiger charge is 2.31. The van der Waals surface area contributed by atoms with Gasteiger partial charge in [0.2, 0.25) is 5.95 Å². The van der Waals surface area contributed by atoms with Crippen LogP contribution in [0.2, 0.25) is 0 Å².